The van der Waals surface area contributed by atoms with Crippen LogP contribution in [0.4, 0.5) is 26.3 Å². The average Bonchev–Trinajstić information content (AvgIpc) is 2.67. The van der Waals surface area contributed by atoms with Crippen molar-refractivity contribution in [2.45, 2.75) is 25.6 Å². The molecular weight excluding hydrogens is 545 g/mol. The molecule has 0 atom stereocenters. The number of aliphatic imine (C=N–C) groups is 1. The molecule has 2 rings (SSSR count). The first-order valence-corrected chi connectivity index (χ1v) is 8.48. The Labute approximate surface area is 191 Å². The van der Waals surface area contributed by atoms with E-state index >= 15 is 0 Å². The summed E-state index contributed by atoms with van der Waals surface area (Å²) in [5.74, 6) is -0.208. The van der Waals surface area contributed by atoms with Crippen molar-refractivity contribution in [1.29, 1.82) is 0 Å². The first kappa shape index (κ1) is 26.6. The van der Waals surface area contributed by atoms with Crippen molar-refractivity contribution in [2.24, 2.45) is 4.99 Å². The fraction of sp³-hybridized carbons (Fsp3) is 0.333. The summed E-state index contributed by atoms with van der Waals surface area (Å²) >= 11 is 0. The predicted molar refractivity (Wildman–Crippen MR) is 111 cm³/mol. The van der Waals surface area contributed by atoms with Crippen molar-refractivity contribution in [3.8, 4) is 11.6 Å². The highest BCUT2D eigenvalue weighted by Gasteiger charge is 2.32. The maximum absolute atomic E-state index is 12.5. The summed E-state index contributed by atoms with van der Waals surface area (Å²) in [6.45, 7) is -1.21. The lowest BCUT2D eigenvalue weighted by Crippen LogP contribution is -2.36. The van der Waals surface area contributed by atoms with E-state index in [2.05, 4.69) is 30.1 Å². The minimum atomic E-state index is -4.81. The summed E-state index contributed by atoms with van der Waals surface area (Å²) in [6, 6.07) is 8.49. The number of aromatic nitrogens is 1. The van der Waals surface area contributed by atoms with Crippen molar-refractivity contribution in [2.75, 3.05) is 13.7 Å². The normalized spacial score (nSPS) is 12.0. The van der Waals surface area contributed by atoms with Crippen LogP contribution >= 0.6 is 24.0 Å². The van der Waals surface area contributed by atoms with Crippen molar-refractivity contribution in [1.82, 2.24) is 15.6 Å². The highest BCUT2D eigenvalue weighted by Crippen LogP contribution is 2.26. The highest BCUT2D eigenvalue weighted by molar-refractivity contribution is 14.0. The number of ether oxygens (including phenoxy) is 2. The second-order valence-corrected chi connectivity index (χ2v) is 5.84. The molecule has 0 aliphatic carbocycles. The molecular formula is C18H19F6IN4O2. The second kappa shape index (κ2) is 11.8. The van der Waals surface area contributed by atoms with Gasteiger partial charge in [0.1, 0.15) is 5.75 Å². The lowest BCUT2D eigenvalue weighted by atomic mass is 10.2. The van der Waals surface area contributed by atoms with Gasteiger partial charge in [0.2, 0.25) is 5.88 Å². The zero-order chi connectivity index (χ0) is 22.2. The number of rotatable bonds is 7. The highest BCUT2D eigenvalue weighted by atomic mass is 127. The molecule has 2 aromatic rings. The molecule has 0 unspecified atom stereocenters. The first-order chi connectivity index (χ1) is 14.1. The minimum absolute atomic E-state index is 0. The van der Waals surface area contributed by atoms with Crippen molar-refractivity contribution in [3.63, 3.8) is 0 Å². The molecule has 0 aliphatic rings. The number of nitrogens with one attached hydrogen (secondary N) is 2. The van der Waals surface area contributed by atoms with Gasteiger partial charge in [0.05, 0.1) is 0 Å². The van der Waals surface area contributed by atoms with E-state index in [0.717, 1.165) is 0 Å². The van der Waals surface area contributed by atoms with Crippen LogP contribution in [0.5, 0.6) is 11.6 Å². The summed E-state index contributed by atoms with van der Waals surface area (Å²) in [6.07, 6.45) is -7.93. The summed E-state index contributed by atoms with van der Waals surface area (Å²) in [4.78, 5) is 7.74. The van der Waals surface area contributed by atoms with Gasteiger partial charge in [0.15, 0.2) is 12.6 Å². The number of para-hydroxylation sites is 1. The number of hydrogen-bond acceptors (Lipinski definition) is 4. The van der Waals surface area contributed by atoms with Crippen LogP contribution in [-0.2, 0) is 13.1 Å². The van der Waals surface area contributed by atoms with Gasteiger partial charge in [-0.05, 0) is 11.6 Å². The Hall–Kier alpha value is -2.45. The number of hydrogen-bond donors (Lipinski definition) is 2. The molecule has 1 heterocycles. The zero-order valence-electron chi connectivity index (χ0n) is 16.0. The third-order valence-electron chi connectivity index (χ3n) is 3.51. The van der Waals surface area contributed by atoms with Crippen LogP contribution in [0, 0.1) is 0 Å². The topological polar surface area (TPSA) is 67.8 Å². The van der Waals surface area contributed by atoms with Crippen LogP contribution in [0.1, 0.15) is 11.1 Å². The molecule has 31 heavy (non-hydrogen) atoms. The molecule has 0 saturated carbocycles. The van der Waals surface area contributed by atoms with Gasteiger partial charge < -0.3 is 20.1 Å². The van der Waals surface area contributed by atoms with Crippen LogP contribution < -0.4 is 20.1 Å². The van der Waals surface area contributed by atoms with Gasteiger partial charge >= 0.3 is 12.5 Å². The van der Waals surface area contributed by atoms with E-state index < -0.39 is 19.1 Å². The minimum Gasteiger partial charge on any atom is -0.468 e. The van der Waals surface area contributed by atoms with Crippen LogP contribution in [-0.4, -0.2) is 37.1 Å². The monoisotopic (exact) mass is 564 g/mol. The van der Waals surface area contributed by atoms with Gasteiger partial charge in [-0.15, -0.1) is 37.1 Å². The molecule has 0 amide bonds. The van der Waals surface area contributed by atoms with E-state index in [9.17, 15) is 26.3 Å². The summed E-state index contributed by atoms with van der Waals surface area (Å²) < 4.78 is 82.3. The number of nitrogens with zero attached hydrogens (tertiary/aromatic N) is 2. The third-order valence-corrected chi connectivity index (χ3v) is 3.51. The van der Waals surface area contributed by atoms with Crippen molar-refractivity contribution < 1.29 is 35.8 Å². The number of halogens is 7. The standard InChI is InChI=1S/C18H18F6N4O2.HI/c1-25-16(28-10-13-4-2-3-5-14(13)30-18(22,23)24)27-9-12-6-7-15(26-8-12)29-11-17(19,20)21;/h2-8H,9-11H2,1H3,(H2,25,27,28);1H. The van der Waals surface area contributed by atoms with Gasteiger partial charge in [-0.1, -0.05) is 24.3 Å². The molecule has 0 spiro atoms. The average molecular weight is 564 g/mol. The van der Waals surface area contributed by atoms with Crippen molar-refractivity contribution >= 4 is 29.9 Å². The van der Waals surface area contributed by atoms with E-state index in [0.29, 0.717) is 5.56 Å². The van der Waals surface area contributed by atoms with E-state index in [-0.39, 0.29) is 60.2 Å². The van der Waals surface area contributed by atoms with E-state index in [1.54, 1.807) is 6.07 Å². The van der Waals surface area contributed by atoms with Gasteiger partial charge in [0, 0.05) is 38.0 Å². The molecule has 1 aromatic heterocycles. The number of alkyl halides is 6. The molecule has 0 bridgehead atoms. The SMILES string of the molecule is CN=C(NCc1ccc(OCC(F)(F)F)nc1)NCc1ccccc1OC(F)(F)F.I. The van der Waals surface area contributed by atoms with E-state index in [1.165, 1.54) is 43.6 Å². The Morgan fingerprint density at radius 3 is 2.26 bits per heavy atom. The molecule has 2 N–H and O–H groups in total. The lowest BCUT2D eigenvalue weighted by molar-refractivity contribution is -0.274. The van der Waals surface area contributed by atoms with E-state index in [1.807, 2.05) is 0 Å². The fourth-order valence-corrected chi connectivity index (χ4v) is 2.22. The quantitative estimate of drug-likeness (QED) is 0.226. The Morgan fingerprint density at radius 1 is 1.00 bits per heavy atom. The Bertz CT molecular complexity index is 844. The molecule has 1 aromatic carbocycles. The molecule has 0 aliphatic heterocycles. The number of benzene rings is 1. The summed E-state index contributed by atoms with van der Waals surface area (Å²) in [5.41, 5.74) is 0.892. The number of pyridine rings is 1. The Kier molecular flexibility index (Phi) is 10.1. The summed E-state index contributed by atoms with van der Waals surface area (Å²) in [5, 5.41) is 5.77. The predicted octanol–water partition coefficient (Wildman–Crippen LogP) is 4.40. The Balaban J connectivity index is 0.00000480. The van der Waals surface area contributed by atoms with Crippen LogP contribution in [0.3, 0.4) is 0 Å². The van der Waals surface area contributed by atoms with Gasteiger partial charge in [0.25, 0.3) is 0 Å². The van der Waals surface area contributed by atoms with Gasteiger partial charge in [-0.25, -0.2) is 4.98 Å². The molecule has 0 fully saturated rings. The maximum Gasteiger partial charge on any atom is 0.573 e. The van der Waals surface area contributed by atoms with E-state index in [4.69, 9.17) is 0 Å². The van der Waals surface area contributed by atoms with Crippen LogP contribution in [0.25, 0.3) is 0 Å². The van der Waals surface area contributed by atoms with Crippen LogP contribution in [0.2, 0.25) is 0 Å². The lowest BCUT2D eigenvalue weighted by Gasteiger charge is -2.15. The molecule has 172 valence electrons. The second-order valence-electron chi connectivity index (χ2n) is 5.84. The largest absolute Gasteiger partial charge is 0.573 e. The zero-order valence-corrected chi connectivity index (χ0v) is 18.4. The van der Waals surface area contributed by atoms with Crippen molar-refractivity contribution in [3.05, 3.63) is 53.7 Å². The van der Waals surface area contributed by atoms with Crippen LogP contribution in [0.15, 0.2) is 47.6 Å². The molecule has 13 heteroatoms. The molecule has 0 saturated heterocycles. The first-order valence-electron chi connectivity index (χ1n) is 8.48. The van der Waals surface area contributed by atoms with Gasteiger partial charge in [-0.2, -0.15) is 13.2 Å². The number of guanidine groups is 1. The Morgan fingerprint density at radius 2 is 1.68 bits per heavy atom. The molecule has 0 radical (unpaired) electrons. The smallest absolute Gasteiger partial charge is 0.468 e. The third kappa shape index (κ3) is 10.4. The maximum atomic E-state index is 12.5. The van der Waals surface area contributed by atoms with Gasteiger partial charge in [-0.3, -0.25) is 4.99 Å². The fourth-order valence-electron chi connectivity index (χ4n) is 2.22. The molecule has 6 nitrogen and oxygen atoms in total. The summed E-state index contributed by atoms with van der Waals surface area (Å²) in [7, 11) is 1.47.